The van der Waals surface area contributed by atoms with Gasteiger partial charge in [0, 0.05) is 0 Å². The van der Waals surface area contributed by atoms with Crippen molar-refractivity contribution in [3.8, 4) is 0 Å². The predicted octanol–water partition coefficient (Wildman–Crippen LogP) is 3.70. The molecule has 0 spiro atoms. The lowest BCUT2D eigenvalue weighted by Crippen LogP contribution is -2.14. The van der Waals surface area contributed by atoms with Gasteiger partial charge in [0.25, 0.3) is 0 Å². The molecule has 0 heterocycles. The summed E-state index contributed by atoms with van der Waals surface area (Å²) < 4.78 is 23.0. The Balaban J connectivity index is 4.58. The molecule has 0 radical (unpaired) electrons. The second-order valence-electron chi connectivity index (χ2n) is 3.74. The molecule has 0 aromatic carbocycles. The summed E-state index contributed by atoms with van der Waals surface area (Å²) in [5.41, 5.74) is 0. The van der Waals surface area contributed by atoms with E-state index in [0.717, 1.165) is 0 Å². The van der Waals surface area contributed by atoms with E-state index in [1.54, 1.807) is 0 Å². The van der Waals surface area contributed by atoms with Crippen LogP contribution < -0.4 is 0 Å². The Bertz CT molecular complexity index is 192. The van der Waals surface area contributed by atoms with E-state index in [4.69, 9.17) is 9.05 Å². The molecule has 0 aliphatic rings. The van der Waals surface area contributed by atoms with Crippen LogP contribution in [-0.4, -0.2) is 17.2 Å². The summed E-state index contributed by atoms with van der Waals surface area (Å²) in [4.78, 5) is -0.340. The van der Waals surface area contributed by atoms with Crippen LogP contribution in [0.1, 0.15) is 41.0 Å². The molecule has 0 saturated heterocycles. The second-order valence-corrected chi connectivity index (χ2v) is 6.89. The fourth-order valence-corrected chi connectivity index (χ4v) is 3.26. The molecule has 0 aliphatic carbocycles. The molecular weight excluding hydrogens is 219 g/mol. The Kier molecular flexibility index (Phi) is 6.38. The third-order valence-corrected chi connectivity index (χ3v) is 5.19. The van der Waals surface area contributed by atoms with Gasteiger partial charge in [0.2, 0.25) is 0 Å². The molecule has 14 heavy (non-hydrogen) atoms. The summed E-state index contributed by atoms with van der Waals surface area (Å²) in [7, 11) is -3.06. The lowest BCUT2D eigenvalue weighted by molar-refractivity contribution is 0.141. The van der Waals surface area contributed by atoms with Gasteiger partial charge in [-0.3, -0.25) is 4.57 Å². The largest absolute Gasteiger partial charge is 0.343 e. The Morgan fingerprint density at radius 1 is 1.14 bits per heavy atom. The molecule has 1 atom stereocenters. The lowest BCUT2D eigenvalue weighted by atomic mass is 10.5. The summed E-state index contributed by atoms with van der Waals surface area (Å²) >= 11 is 4.25. The van der Waals surface area contributed by atoms with Crippen LogP contribution in [0.5, 0.6) is 0 Å². The van der Waals surface area contributed by atoms with Crippen LogP contribution in [0, 0.1) is 0 Å². The second kappa shape index (κ2) is 6.16. The van der Waals surface area contributed by atoms with Gasteiger partial charge in [-0.2, -0.15) is 12.6 Å². The highest BCUT2D eigenvalue weighted by Gasteiger charge is 2.34. The van der Waals surface area contributed by atoms with E-state index in [2.05, 4.69) is 12.6 Å². The Morgan fingerprint density at radius 2 is 1.50 bits per heavy atom. The van der Waals surface area contributed by atoms with Crippen molar-refractivity contribution in [1.82, 2.24) is 0 Å². The van der Waals surface area contributed by atoms with Gasteiger partial charge in [-0.05, 0) is 34.1 Å². The van der Waals surface area contributed by atoms with Gasteiger partial charge in [0.15, 0.2) is 0 Å². The third kappa shape index (κ3) is 4.83. The van der Waals surface area contributed by atoms with E-state index >= 15 is 0 Å². The monoisotopic (exact) mass is 240 g/mol. The smallest absolute Gasteiger partial charge is 0.305 e. The molecule has 0 aliphatic heterocycles. The number of rotatable bonds is 6. The number of thiol groups is 1. The standard InChI is InChI=1S/C9H21O3PS/c1-6-9(14)13(10,11-7(2)3)12-8(4)5/h7-9,14H,6H2,1-5H3/t9-/m0/s1. The molecule has 0 fully saturated rings. The molecular formula is C9H21O3PS. The van der Waals surface area contributed by atoms with Crippen molar-refractivity contribution >= 4 is 20.2 Å². The zero-order valence-corrected chi connectivity index (χ0v) is 11.3. The van der Waals surface area contributed by atoms with E-state index in [0.29, 0.717) is 6.42 Å². The first-order chi connectivity index (χ1) is 6.31. The molecule has 0 rings (SSSR count). The van der Waals surface area contributed by atoms with E-state index in [9.17, 15) is 4.57 Å². The van der Waals surface area contributed by atoms with Crippen molar-refractivity contribution in [2.24, 2.45) is 0 Å². The SMILES string of the molecule is CC[C@H](S)P(=O)(OC(C)C)OC(C)C. The summed E-state index contributed by atoms with van der Waals surface area (Å²) in [5.74, 6) is 0. The molecule has 5 heteroatoms. The molecule has 0 unspecified atom stereocenters. The van der Waals surface area contributed by atoms with Crippen molar-refractivity contribution < 1.29 is 13.6 Å². The van der Waals surface area contributed by atoms with E-state index < -0.39 is 7.60 Å². The maximum Gasteiger partial charge on any atom is 0.343 e. The Morgan fingerprint density at radius 3 is 1.71 bits per heavy atom. The van der Waals surface area contributed by atoms with Gasteiger partial charge in [0.05, 0.1) is 12.2 Å². The van der Waals surface area contributed by atoms with Gasteiger partial charge in [0.1, 0.15) is 4.99 Å². The lowest BCUT2D eigenvalue weighted by Gasteiger charge is -2.26. The van der Waals surface area contributed by atoms with Crippen molar-refractivity contribution in [3.63, 3.8) is 0 Å². The third-order valence-electron chi connectivity index (χ3n) is 1.45. The zero-order chi connectivity index (χ0) is 11.4. The maximum atomic E-state index is 12.2. The highest BCUT2D eigenvalue weighted by molar-refractivity contribution is 7.89. The molecule has 86 valence electrons. The van der Waals surface area contributed by atoms with Crippen LogP contribution in [0.4, 0.5) is 0 Å². The van der Waals surface area contributed by atoms with Crippen LogP contribution in [0.3, 0.4) is 0 Å². The van der Waals surface area contributed by atoms with E-state index in [-0.39, 0.29) is 17.2 Å². The van der Waals surface area contributed by atoms with Crippen LogP contribution >= 0.6 is 20.2 Å². The van der Waals surface area contributed by atoms with E-state index in [1.165, 1.54) is 0 Å². The van der Waals surface area contributed by atoms with Gasteiger partial charge in [-0.25, -0.2) is 0 Å². The molecule has 0 N–H and O–H groups in total. The van der Waals surface area contributed by atoms with Crippen molar-refractivity contribution in [3.05, 3.63) is 0 Å². The van der Waals surface area contributed by atoms with Crippen molar-refractivity contribution in [1.29, 1.82) is 0 Å². The first-order valence-corrected chi connectivity index (χ1v) is 7.09. The highest BCUT2D eigenvalue weighted by atomic mass is 32.1. The molecule has 0 aromatic heterocycles. The quantitative estimate of drug-likeness (QED) is 0.568. The van der Waals surface area contributed by atoms with Crippen molar-refractivity contribution in [2.45, 2.75) is 58.2 Å². The minimum Gasteiger partial charge on any atom is -0.305 e. The minimum absolute atomic E-state index is 0.110. The molecule has 0 aromatic rings. The summed E-state index contributed by atoms with van der Waals surface area (Å²) in [6.07, 6.45) is 0.446. The minimum atomic E-state index is -3.06. The average molecular weight is 240 g/mol. The molecule has 0 bridgehead atoms. The maximum absolute atomic E-state index is 12.2. The van der Waals surface area contributed by atoms with Gasteiger partial charge < -0.3 is 9.05 Å². The predicted molar refractivity (Wildman–Crippen MR) is 63.1 cm³/mol. The Labute approximate surface area is 92.5 Å². The summed E-state index contributed by atoms with van der Waals surface area (Å²) in [6.45, 7) is 9.27. The van der Waals surface area contributed by atoms with Crippen molar-refractivity contribution in [2.75, 3.05) is 0 Å². The first kappa shape index (κ1) is 14.5. The normalized spacial score (nSPS) is 15.1. The summed E-state index contributed by atoms with van der Waals surface area (Å²) in [5, 5.41) is 0. The highest BCUT2D eigenvalue weighted by Crippen LogP contribution is 2.57. The van der Waals surface area contributed by atoms with Gasteiger partial charge in [-0.1, -0.05) is 6.92 Å². The van der Waals surface area contributed by atoms with Gasteiger partial charge >= 0.3 is 7.60 Å². The molecule has 3 nitrogen and oxygen atoms in total. The topological polar surface area (TPSA) is 35.5 Å². The van der Waals surface area contributed by atoms with Crippen LogP contribution in [0.2, 0.25) is 0 Å². The fourth-order valence-electron chi connectivity index (χ4n) is 0.977. The number of hydrogen-bond donors (Lipinski definition) is 1. The number of hydrogen-bond acceptors (Lipinski definition) is 4. The summed E-state index contributed by atoms with van der Waals surface area (Å²) in [6, 6.07) is 0. The fraction of sp³-hybridized carbons (Fsp3) is 1.00. The van der Waals surface area contributed by atoms with Crippen LogP contribution in [-0.2, 0) is 13.6 Å². The molecule has 0 amide bonds. The van der Waals surface area contributed by atoms with Crippen LogP contribution in [0.15, 0.2) is 0 Å². The first-order valence-electron chi connectivity index (χ1n) is 4.96. The van der Waals surface area contributed by atoms with Crippen LogP contribution in [0.25, 0.3) is 0 Å². The zero-order valence-electron chi connectivity index (χ0n) is 9.56. The van der Waals surface area contributed by atoms with E-state index in [1.807, 2.05) is 34.6 Å². The average Bonchev–Trinajstić information content (AvgIpc) is 1.99. The van der Waals surface area contributed by atoms with Gasteiger partial charge in [-0.15, -0.1) is 0 Å². The molecule has 0 saturated carbocycles. The Hall–Kier alpha value is 0.500.